The van der Waals surface area contributed by atoms with Gasteiger partial charge < -0.3 is 33.2 Å². The molecule has 1 fully saturated rings. The summed E-state index contributed by atoms with van der Waals surface area (Å²) in [5, 5.41) is 0. The second kappa shape index (κ2) is 8.48. The van der Waals surface area contributed by atoms with Crippen LogP contribution in [-0.2, 0) is 4.74 Å². The second-order valence-electron chi connectivity index (χ2n) is 6.21. The second-order valence-corrected chi connectivity index (χ2v) is 6.21. The Morgan fingerprint density at radius 3 is 1.48 bits per heavy atom. The molecule has 0 aromatic heterocycles. The van der Waals surface area contributed by atoms with Gasteiger partial charge in [-0.3, -0.25) is 4.79 Å². The van der Waals surface area contributed by atoms with Crippen molar-refractivity contribution in [2.45, 2.75) is 12.2 Å². The topological polar surface area (TPSA) is 85.0 Å². The first-order chi connectivity index (χ1) is 14.0. The van der Waals surface area contributed by atoms with Crippen LogP contribution in [0.15, 0.2) is 24.3 Å². The highest BCUT2D eigenvalue weighted by molar-refractivity contribution is 6.02. The molecule has 0 unspecified atom stereocenters. The van der Waals surface area contributed by atoms with Crippen LogP contribution in [-0.4, -0.2) is 54.5 Å². The molecule has 0 aliphatic carbocycles. The molecule has 0 saturated carbocycles. The smallest absolute Gasteiger partial charge is 0.203 e. The van der Waals surface area contributed by atoms with Crippen molar-refractivity contribution in [3.63, 3.8) is 0 Å². The Balaban J connectivity index is 1.90. The number of Topliss-reactive ketones (excluding diaryl/α,β-unsaturated/α-hetero) is 1. The third kappa shape index (κ3) is 3.75. The summed E-state index contributed by atoms with van der Waals surface area (Å²) in [6, 6.07) is 6.76. The number of methoxy groups -OCH3 is 6. The molecule has 0 amide bonds. The maximum atomic E-state index is 13.0. The Kier molecular flexibility index (Phi) is 6.03. The van der Waals surface area contributed by atoms with E-state index < -0.39 is 12.2 Å². The number of benzene rings is 2. The van der Waals surface area contributed by atoms with Gasteiger partial charge in [-0.05, 0) is 29.8 Å². The zero-order chi connectivity index (χ0) is 21.1. The number of hydrogen-bond acceptors (Lipinski definition) is 8. The summed E-state index contributed by atoms with van der Waals surface area (Å²) >= 11 is 0. The van der Waals surface area contributed by atoms with Gasteiger partial charge in [0.2, 0.25) is 11.5 Å². The van der Waals surface area contributed by atoms with Crippen molar-refractivity contribution < 1.29 is 38.0 Å². The van der Waals surface area contributed by atoms with Gasteiger partial charge in [0, 0.05) is 5.56 Å². The molecule has 1 aliphatic rings. The lowest BCUT2D eigenvalue weighted by Crippen LogP contribution is -2.09. The summed E-state index contributed by atoms with van der Waals surface area (Å²) in [7, 11) is 9.10. The predicted molar refractivity (Wildman–Crippen MR) is 104 cm³/mol. The zero-order valence-electron chi connectivity index (χ0n) is 17.2. The van der Waals surface area contributed by atoms with Crippen molar-refractivity contribution in [2.75, 3.05) is 42.7 Å². The SMILES string of the molecule is COc1cc(C(=O)[C@H]2O[C@@H]2c2cc(OC)c(OC)c(OC)c2)cc(OC)c1OC. The first-order valence-electron chi connectivity index (χ1n) is 8.82. The van der Waals surface area contributed by atoms with Crippen molar-refractivity contribution in [1.82, 2.24) is 0 Å². The normalized spacial score (nSPS) is 17.3. The van der Waals surface area contributed by atoms with Crippen LogP contribution in [0.25, 0.3) is 0 Å². The highest BCUT2D eigenvalue weighted by Gasteiger charge is 2.47. The van der Waals surface area contributed by atoms with E-state index in [0.29, 0.717) is 40.1 Å². The fraction of sp³-hybridized carbons (Fsp3) is 0.381. The molecule has 0 radical (unpaired) electrons. The van der Waals surface area contributed by atoms with Gasteiger partial charge in [-0.25, -0.2) is 0 Å². The van der Waals surface area contributed by atoms with Crippen molar-refractivity contribution in [3.8, 4) is 34.5 Å². The lowest BCUT2D eigenvalue weighted by Gasteiger charge is -2.14. The minimum absolute atomic E-state index is 0.192. The molecule has 8 nitrogen and oxygen atoms in total. The van der Waals surface area contributed by atoms with Crippen LogP contribution < -0.4 is 28.4 Å². The first-order valence-corrected chi connectivity index (χ1v) is 8.82. The van der Waals surface area contributed by atoms with Gasteiger partial charge in [0.1, 0.15) is 6.10 Å². The van der Waals surface area contributed by atoms with E-state index in [-0.39, 0.29) is 5.78 Å². The van der Waals surface area contributed by atoms with E-state index in [1.165, 1.54) is 42.7 Å². The lowest BCUT2D eigenvalue weighted by molar-refractivity contribution is 0.0953. The van der Waals surface area contributed by atoms with E-state index >= 15 is 0 Å². The molecule has 1 aliphatic heterocycles. The average Bonchev–Trinajstić information content (AvgIpc) is 3.57. The van der Waals surface area contributed by atoms with E-state index in [1.807, 2.05) is 0 Å². The highest BCUT2D eigenvalue weighted by Crippen LogP contribution is 2.48. The maximum absolute atomic E-state index is 13.0. The average molecular weight is 404 g/mol. The van der Waals surface area contributed by atoms with Gasteiger partial charge in [-0.2, -0.15) is 0 Å². The van der Waals surface area contributed by atoms with Crippen LogP contribution in [0.1, 0.15) is 22.0 Å². The minimum atomic E-state index is -0.638. The molecule has 2 aromatic carbocycles. The summed E-state index contributed by atoms with van der Waals surface area (Å²) in [4.78, 5) is 13.0. The van der Waals surface area contributed by atoms with Crippen LogP contribution in [0.4, 0.5) is 0 Å². The molecule has 0 N–H and O–H groups in total. The van der Waals surface area contributed by atoms with E-state index in [0.717, 1.165) is 5.56 Å². The number of ether oxygens (including phenoxy) is 7. The van der Waals surface area contributed by atoms with Crippen LogP contribution in [0.5, 0.6) is 34.5 Å². The third-order valence-corrected chi connectivity index (χ3v) is 4.71. The summed E-state index contributed by atoms with van der Waals surface area (Å²) in [6.45, 7) is 0. The van der Waals surface area contributed by atoms with Crippen molar-refractivity contribution >= 4 is 5.78 Å². The van der Waals surface area contributed by atoms with Crippen LogP contribution in [0, 0.1) is 0 Å². The first kappa shape index (κ1) is 20.6. The zero-order valence-corrected chi connectivity index (χ0v) is 17.2. The van der Waals surface area contributed by atoms with E-state index in [4.69, 9.17) is 33.2 Å². The van der Waals surface area contributed by atoms with Crippen LogP contribution >= 0.6 is 0 Å². The molecule has 29 heavy (non-hydrogen) atoms. The van der Waals surface area contributed by atoms with Crippen molar-refractivity contribution in [2.24, 2.45) is 0 Å². The number of carbonyl (C=O) groups excluding carboxylic acids is 1. The Morgan fingerprint density at radius 1 is 0.690 bits per heavy atom. The summed E-state index contributed by atoms with van der Waals surface area (Å²) in [5.74, 6) is 2.51. The van der Waals surface area contributed by atoms with E-state index in [9.17, 15) is 4.79 Å². The van der Waals surface area contributed by atoms with Gasteiger partial charge in [0.05, 0.1) is 42.7 Å². The fourth-order valence-electron chi connectivity index (χ4n) is 3.22. The summed E-state index contributed by atoms with van der Waals surface area (Å²) in [6.07, 6.45) is -1.06. The lowest BCUT2D eigenvalue weighted by atomic mass is 10.0. The Hall–Kier alpha value is -3.13. The number of rotatable bonds is 9. The number of carbonyl (C=O) groups is 1. The molecule has 0 spiro atoms. The van der Waals surface area contributed by atoms with Gasteiger partial charge in [0.15, 0.2) is 34.9 Å². The molecule has 1 saturated heterocycles. The molecule has 2 atom stereocenters. The standard InChI is InChI=1S/C21H24O8/c1-23-13-7-11(8-14(24-2)19(13)27-5)17(22)21-18(29-21)12-9-15(25-3)20(28-6)16(10-12)26-4/h7-10,18,21H,1-6H3/t18-,21-/m1/s1. The predicted octanol–water partition coefficient (Wildman–Crippen LogP) is 3.06. The molecule has 8 heteroatoms. The molecular weight excluding hydrogens is 380 g/mol. The Morgan fingerprint density at radius 2 is 1.10 bits per heavy atom. The summed E-state index contributed by atoms with van der Waals surface area (Å²) < 4.78 is 37.7. The Labute approximate surface area is 169 Å². The molecule has 1 heterocycles. The summed E-state index contributed by atoms with van der Waals surface area (Å²) in [5.41, 5.74) is 1.16. The monoisotopic (exact) mass is 404 g/mol. The maximum Gasteiger partial charge on any atom is 0.203 e. The Bertz CT molecular complexity index is 858. The number of epoxide rings is 1. The third-order valence-electron chi connectivity index (χ3n) is 4.71. The fourth-order valence-corrected chi connectivity index (χ4v) is 3.22. The van der Waals surface area contributed by atoms with E-state index in [2.05, 4.69) is 0 Å². The van der Waals surface area contributed by atoms with Gasteiger partial charge >= 0.3 is 0 Å². The molecular formula is C21H24O8. The van der Waals surface area contributed by atoms with Gasteiger partial charge in [0.25, 0.3) is 0 Å². The van der Waals surface area contributed by atoms with Crippen molar-refractivity contribution in [1.29, 1.82) is 0 Å². The number of ketones is 1. The molecule has 0 bridgehead atoms. The molecule has 156 valence electrons. The quantitative estimate of drug-likeness (QED) is 0.466. The molecule has 3 rings (SSSR count). The number of hydrogen-bond donors (Lipinski definition) is 0. The van der Waals surface area contributed by atoms with Gasteiger partial charge in [-0.1, -0.05) is 0 Å². The van der Waals surface area contributed by atoms with Gasteiger partial charge in [-0.15, -0.1) is 0 Å². The van der Waals surface area contributed by atoms with Crippen molar-refractivity contribution in [3.05, 3.63) is 35.4 Å². The molecule has 2 aromatic rings. The highest BCUT2D eigenvalue weighted by atomic mass is 16.6. The van der Waals surface area contributed by atoms with Crippen LogP contribution in [0.3, 0.4) is 0 Å². The van der Waals surface area contributed by atoms with Crippen LogP contribution in [0.2, 0.25) is 0 Å². The largest absolute Gasteiger partial charge is 0.493 e. The minimum Gasteiger partial charge on any atom is -0.493 e. The van der Waals surface area contributed by atoms with E-state index in [1.54, 1.807) is 24.3 Å².